The molecule has 0 aliphatic carbocycles. The molecule has 0 atom stereocenters. The molecule has 1 aromatic heterocycles. The zero-order valence-corrected chi connectivity index (χ0v) is 12.1. The standard InChI is InChI=1S/C12H18N2O4S/c1-12(2,3)18-11(16)6-10-14-9(7-19-10)17-5-4-8(13)15/h7H,4-6H2,1-3H3,(H2,13,15). The molecule has 0 aromatic carbocycles. The molecule has 1 amide bonds. The van der Waals surface area contributed by atoms with Crippen LogP contribution in [0.3, 0.4) is 0 Å². The van der Waals surface area contributed by atoms with Crippen molar-refractivity contribution in [3.8, 4) is 5.88 Å². The average molecular weight is 286 g/mol. The smallest absolute Gasteiger partial charge is 0.313 e. The molecular formula is C12H18N2O4S. The number of hydrogen-bond acceptors (Lipinski definition) is 6. The van der Waals surface area contributed by atoms with E-state index in [9.17, 15) is 9.59 Å². The van der Waals surface area contributed by atoms with Gasteiger partial charge in [0.1, 0.15) is 10.6 Å². The van der Waals surface area contributed by atoms with E-state index in [2.05, 4.69) is 4.98 Å². The third-order valence-electron chi connectivity index (χ3n) is 1.84. The fourth-order valence-electron chi connectivity index (χ4n) is 1.20. The highest BCUT2D eigenvalue weighted by atomic mass is 32.1. The fraction of sp³-hybridized carbons (Fsp3) is 0.583. The van der Waals surface area contributed by atoms with E-state index in [0.717, 1.165) is 0 Å². The van der Waals surface area contributed by atoms with Crippen LogP contribution >= 0.6 is 11.3 Å². The normalized spacial score (nSPS) is 11.1. The molecule has 0 fully saturated rings. The monoisotopic (exact) mass is 286 g/mol. The number of ether oxygens (including phenoxy) is 2. The van der Waals surface area contributed by atoms with Crippen molar-refractivity contribution in [3.63, 3.8) is 0 Å². The second-order valence-electron chi connectivity index (χ2n) is 4.91. The van der Waals surface area contributed by atoms with Crippen LogP contribution in [0.5, 0.6) is 5.88 Å². The molecule has 0 unspecified atom stereocenters. The van der Waals surface area contributed by atoms with Crippen LogP contribution in [0.15, 0.2) is 5.38 Å². The van der Waals surface area contributed by atoms with Gasteiger partial charge in [-0.25, -0.2) is 4.98 Å². The second kappa shape index (κ2) is 6.51. The van der Waals surface area contributed by atoms with Crippen LogP contribution in [-0.4, -0.2) is 29.1 Å². The third kappa shape index (κ3) is 6.76. The van der Waals surface area contributed by atoms with Crippen LogP contribution in [0, 0.1) is 0 Å². The Kier molecular flexibility index (Phi) is 5.29. The molecule has 19 heavy (non-hydrogen) atoms. The molecule has 0 aliphatic heterocycles. The lowest BCUT2D eigenvalue weighted by Gasteiger charge is -2.18. The van der Waals surface area contributed by atoms with Crippen molar-refractivity contribution in [2.24, 2.45) is 5.73 Å². The van der Waals surface area contributed by atoms with E-state index < -0.39 is 11.5 Å². The van der Waals surface area contributed by atoms with Gasteiger partial charge in [-0.15, -0.1) is 11.3 Å². The molecule has 1 aromatic rings. The summed E-state index contributed by atoms with van der Waals surface area (Å²) >= 11 is 1.31. The molecule has 0 saturated heterocycles. The lowest BCUT2D eigenvalue weighted by Crippen LogP contribution is -2.24. The molecule has 0 bridgehead atoms. The number of amides is 1. The average Bonchev–Trinajstić information content (AvgIpc) is 2.61. The van der Waals surface area contributed by atoms with Gasteiger partial charge in [0.25, 0.3) is 0 Å². The first kappa shape index (κ1) is 15.4. The highest BCUT2D eigenvalue weighted by molar-refractivity contribution is 7.09. The Hall–Kier alpha value is -1.63. The molecular weight excluding hydrogens is 268 g/mol. The Balaban J connectivity index is 2.42. The molecule has 7 heteroatoms. The maximum Gasteiger partial charge on any atom is 0.313 e. The van der Waals surface area contributed by atoms with Crippen LogP contribution < -0.4 is 10.5 Å². The van der Waals surface area contributed by atoms with Gasteiger partial charge >= 0.3 is 5.97 Å². The van der Waals surface area contributed by atoms with Crippen LogP contribution in [0.2, 0.25) is 0 Å². The van der Waals surface area contributed by atoms with E-state index in [1.807, 2.05) is 20.8 Å². The summed E-state index contributed by atoms with van der Waals surface area (Å²) in [6, 6.07) is 0. The maximum atomic E-state index is 11.6. The van der Waals surface area contributed by atoms with Gasteiger partial charge in [0.2, 0.25) is 11.8 Å². The molecule has 0 aliphatic rings. The number of rotatable bonds is 6. The van der Waals surface area contributed by atoms with E-state index in [4.69, 9.17) is 15.2 Å². The Labute approximate surface area is 115 Å². The van der Waals surface area contributed by atoms with Crippen molar-refractivity contribution < 1.29 is 19.1 Å². The predicted molar refractivity (Wildman–Crippen MR) is 71.0 cm³/mol. The lowest BCUT2D eigenvalue weighted by atomic mass is 10.2. The van der Waals surface area contributed by atoms with Crippen LogP contribution in [-0.2, 0) is 20.7 Å². The summed E-state index contributed by atoms with van der Waals surface area (Å²) in [5.41, 5.74) is 4.48. The summed E-state index contributed by atoms with van der Waals surface area (Å²) in [5.74, 6) is -0.362. The number of aromatic nitrogens is 1. The molecule has 1 heterocycles. The Morgan fingerprint density at radius 3 is 2.68 bits per heavy atom. The summed E-state index contributed by atoms with van der Waals surface area (Å²) in [7, 11) is 0. The van der Waals surface area contributed by atoms with E-state index in [1.54, 1.807) is 5.38 Å². The topological polar surface area (TPSA) is 91.5 Å². The van der Waals surface area contributed by atoms with Crippen molar-refractivity contribution in [2.45, 2.75) is 39.2 Å². The summed E-state index contributed by atoms with van der Waals surface area (Å²) in [4.78, 5) is 26.2. The Morgan fingerprint density at radius 2 is 2.11 bits per heavy atom. The first-order valence-corrected chi connectivity index (χ1v) is 6.71. The predicted octanol–water partition coefficient (Wildman–Crippen LogP) is 1.28. The van der Waals surface area contributed by atoms with Gasteiger partial charge in [-0.1, -0.05) is 0 Å². The van der Waals surface area contributed by atoms with Gasteiger partial charge in [-0.05, 0) is 20.8 Å². The number of carbonyl (C=O) groups is 2. The molecule has 1 rings (SSSR count). The third-order valence-corrected chi connectivity index (χ3v) is 2.67. The summed E-state index contributed by atoms with van der Waals surface area (Å²) < 4.78 is 10.4. The van der Waals surface area contributed by atoms with Gasteiger partial charge in [-0.2, -0.15) is 0 Å². The number of esters is 1. The molecule has 0 spiro atoms. The zero-order valence-electron chi connectivity index (χ0n) is 11.3. The highest BCUT2D eigenvalue weighted by Crippen LogP contribution is 2.18. The van der Waals surface area contributed by atoms with Crippen LogP contribution in [0.25, 0.3) is 0 Å². The van der Waals surface area contributed by atoms with Gasteiger partial charge in [0.05, 0.1) is 24.8 Å². The first-order chi connectivity index (χ1) is 8.76. The number of hydrogen-bond donors (Lipinski definition) is 1. The van der Waals surface area contributed by atoms with Crippen molar-refractivity contribution in [1.29, 1.82) is 0 Å². The van der Waals surface area contributed by atoms with E-state index in [-0.39, 0.29) is 25.4 Å². The minimum atomic E-state index is -0.505. The maximum absolute atomic E-state index is 11.6. The van der Waals surface area contributed by atoms with E-state index in [0.29, 0.717) is 10.9 Å². The summed E-state index contributed by atoms with van der Waals surface area (Å²) in [5, 5.41) is 2.30. The largest absolute Gasteiger partial charge is 0.477 e. The minimum Gasteiger partial charge on any atom is -0.477 e. The van der Waals surface area contributed by atoms with Gasteiger partial charge in [-0.3, -0.25) is 9.59 Å². The van der Waals surface area contributed by atoms with Crippen molar-refractivity contribution in [3.05, 3.63) is 10.4 Å². The lowest BCUT2D eigenvalue weighted by molar-refractivity contribution is -0.153. The van der Waals surface area contributed by atoms with Crippen molar-refractivity contribution in [2.75, 3.05) is 6.61 Å². The highest BCUT2D eigenvalue weighted by Gasteiger charge is 2.18. The quantitative estimate of drug-likeness (QED) is 0.795. The van der Waals surface area contributed by atoms with E-state index >= 15 is 0 Å². The molecule has 0 saturated carbocycles. The minimum absolute atomic E-state index is 0.112. The van der Waals surface area contributed by atoms with Crippen molar-refractivity contribution >= 4 is 23.2 Å². The molecule has 2 N–H and O–H groups in total. The van der Waals surface area contributed by atoms with Gasteiger partial charge in [0, 0.05) is 0 Å². The Morgan fingerprint density at radius 1 is 1.42 bits per heavy atom. The second-order valence-corrected chi connectivity index (χ2v) is 5.85. The van der Waals surface area contributed by atoms with Crippen LogP contribution in [0.4, 0.5) is 0 Å². The first-order valence-electron chi connectivity index (χ1n) is 5.83. The SMILES string of the molecule is CC(C)(C)OC(=O)Cc1nc(OCCC(N)=O)cs1. The molecule has 106 valence electrons. The summed E-state index contributed by atoms with van der Waals surface area (Å²) in [6.07, 6.45) is 0.250. The van der Waals surface area contributed by atoms with Crippen molar-refractivity contribution in [1.82, 2.24) is 4.98 Å². The van der Waals surface area contributed by atoms with Gasteiger partial charge in [0.15, 0.2) is 0 Å². The number of thiazole rings is 1. The molecule has 6 nitrogen and oxygen atoms in total. The number of primary amides is 1. The molecule has 0 radical (unpaired) electrons. The number of carbonyl (C=O) groups excluding carboxylic acids is 2. The van der Waals surface area contributed by atoms with Gasteiger partial charge < -0.3 is 15.2 Å². The van der Waals surface area contributed by atoms with E-state index in [1.165, 1.54) is 11.3 Å². The number of nitrogens with zero attached hydrogens (tertiary/aromatic N) is 1. The fourth-order valence-corrected chi connectivity index (χ4v) is 1.90. The van der Waals surface area contributed by atoms with Crippen LogP contribution in [0.1, 0.15) is 32.2 Å². The zero-order chi connectivity index (χ0) is 14.5. The number of nitrogens with two attached hydrogens (primary N) is 1. The summed E-state index contributed by atoms with van der Waals surface area (Å²) in [6.45, 7) is 5.62. The Bertz CT molecular complexity index is 451.